The normalized spacial score (nSPS) is 13.7. The molecule has 0 spiro atoms. The fourth-order valence-electron chi connectivity index (χ4n) is 1.35. The smallest absolute Gasteiger partial charge is 0.306 e. The third-order valence-corrected chi connectivity index (χ3v) is 2.76. The molecule has 18 heavy (non-hydrogen) atoms. The molecule has 1 rings (SSSR count). The minimum Gasteiger partial charge on any atom is -0.390 e. The van der Waals surface area contributed by atoms with E-state index in [-0.39, 0.29) is 17.7 Å². The Bertz CT molecular complexity index is 489. The van der Waals surface area contributed by atoms with Gasteiger partial charge >= 0.3 is 5.69 Å². The van der Waals surface area contributed by atoms with Gasteiger partial charge in [0.1, 0.15) is 12.2 Å². The van der Waals surface area contributed by atoms with Crippen LogP contribution in [0.25, 0.3) is 0 Å². The lowest BCUT2D eigenvalue weighted by Gasteiger charge is -2.16. The molecule has 0 aliphatic carbocycles. The van der Waals surface area contributed by atoms with Crippen molar-refractivity contribution in [3.63, 3.8) is 0 Å². The van der Waals surface area contributed by atoms with Crippen LogP contribution in [-0.4, -0.2) is 31.6 Å². The minimum atomic E-state index is -1.28. The Balaban J connectivity index is 3.09. The van der Waals surface area contributed by atoms with Crippen molar-refractivity contribution in [2.45, 2.75) is 18.6 Å². The van der Waals surface area contributed by atoms with E-state index in [9.17, 15) is 20.3 Å². The van der Waals surface area contributed by atoms with Crippen LogP contribution >= 0.6 is 15.9 Å². The van der Waals surface area contributed by atoms with Crippen LogP contribution in [0.4, 0.5) is 5.69 Å². The van der Waals surface area contributed by atoms with Gasteiger partial charge in [-0.2, -0.15) is 5.26 Å². The molecule has 1 heterocycles. The Labute approximate surface area is 111 Å². The molecule has 0 radical (unpaired) electrons. The number of nitrogens with zero attached hydrogens (tertiary/aromatic N) is 3. The van der Waals surface area contributed by atoms with Crippen LogP contribution in [0, 0.1) is 21.4 Å². The zero-order valence-electron chi connectivity index (χ0n) is 9.15. The molecule has 0 bridgehead atoms. The highest BCUT2D eigenvalue weighted by atomic mass is 79.9. The number of nitriles is 1. The van der Waals surface area contributed by atoms with E-state index in [2.05, 4.69) is 20.9 Å². The molecule has 0 aromatic carbocycles. The summed E-state index contributed by atoms with van der Waals surface area (Å²) in [5, 5.41) is 39.2. The van der Waals surface area contributed by atoms with Gasteiger partial charge in [-0.3, -0.25) is 10.1 Å². The minimum absolute atomic E-state index is 0.106. The predicted octanol–water partition coefficient (Wildman–Crippen LogP) is 1.04. The van der Waals surface area contributed by atoms with E-state index in [0.29, 0.717) is 5.33 Å². The van der Waals surface area contributed by atoms with Gasteiger partial charge in [0, 0.05) is 23.2 Å². The molecule has 2 unspecified atom stereocenters. The van der Waals surface area contributed by atoms with Crippen LogP contribution < -0.4 is 0 Å². The summed E-state index contributed by atoms with van der Waals surface area (Å²) in [4.78, 5) is 13.6. The van der Waals surface area contributed by atoms with Crippen LogP contribution in [-0.2, 0) is 0 Å². The van der Waals surface area contributed by atoms with Crippen molar-refractivity contribution in [1.29, 1.82) is 5.26 Å². The molecule has 2 atom stereocenters. The number of hydrogen-bond acceptors (Lipinski definition) is 6. The summed E-state index contributed by atoms with van der Waals surface area (Å²) in [6.07, 6.45) is -0.900. The average Bonchev–Trinajstić information content (AvgIpc) is 2.37. The highest BCUT2D eigenvalue weighted by Crippen LogP contribution is 2.24. The van der Waals surface area contributed by atoms with E-state index in [4.69, 9.17) is 5.26 Å². The molecule has 0 fully saturated rings. The molecule has 1 aromatic heterocycles. The first-order chi connectivity index (χ1) is 8.51. The molecule has 0 aliphatic rings. The lowest BCUT2D eigenvalue weighted by Crippen LogP contribution is -2.19. The van der Waals surface area contributed by atoms with Gasteiger partial charge in [0.15, 0.2) is 0 Å². The number of rotatable bonds is 5. The van der Waals surface area contributed by atoms with E-state index < -0.39 is 22.8 Å². The highest BCUT2D eigenvalue weighted by molar-refractivity contribution is 9.09. The number of nitro groups is 1. The van der Waals surface area contributed by atoms with Crippen LogP contribution in [0.1, 0.15) is 23.8 Å². The number of hydrogen-bond donors (Lipinski definition) is 2. The number of pyridine rings is 1. The monoisotopic (exact) mass is 315 g/mol. The summed E-state index contributed by atoms with van der Waals surface area (Å²) in [5.41, 5.74) is -0.708. The molecule has 1 aromatic rings. The van der Waals surface area contributed by atoms with Gasteiger partial charge in [-0.25, -0.2) is 4.98 Å². The van der Waals surface area contributed by atoms with Crippen LogP contribution in [0.3, 0.4) is 0 Å². The second-order valence-corrected chi connectivity index (χ2v) is 4.29. The molecule has 0 aliphatic heterocycles. The lowest BCUT2D eigenvalue weighted by atomic mass is 10.0. The topological polar surface area (TPSA) is 120 Å². The van der Waals surface area contributed by atoms with Crippen molar-refractivity contribution in [2.75, 3.05) is 5.33 Å². The fraction of sp³-hybridized carbons (Fsp3) is 0.400. The third-order valence-electron chi connectivity index (χ3n) is 2.30. The second-order valence-electron chi connectivity index (χ2n) is 3.50. The molecule has 0 saturated carbocycles. The van der Waals surface area contributed by atoms with E-state index in [1.165, 1.54) is 0 Å². The summed E-state index contributed by atoms with van der Waals surface area (Å²) in [5.74, 6) is 0. The number of aliphatic hydroxyl groups is 2. The highest BCUT2D eigenvalue weighted by Gasteiger charge is 2.23. The van der Waals surface area contributed by atoms with Crippen LogP contribution in [0.5, 0.6) is 0 Å². The first-order valence-electron chi connectivity index (χ1n) is 4.97. The maximum atomic E-state index is 10.7. The average molecular weight is 316 g/mol. The molecule has 7 nitrogen and oxygen atoms in total. The van der Waals surface area contributed by atoms with Crippen molar-refractivity contribution in [3.05, 3.63) is 33.6 Å². The van der Waals surface area contributed by atoms with E-state index in [0.717, 1.165) is 12.3 Å². The van der Waals surface area contributed by atoms with Crippen LogP contribution in [0.2, 0.25) is 0 Å². The van der Waals surface area contributed by atoms with Crippen molar-refractivity contribution in [1.82, 2.24) is 4.98 Å². The number of alkyl halides is 1. The van der Waals surface area contributed by atoms with Gasteiger partial charge in [-0.05, 0) is 6.42 Å². The van der Waals surface area contributed by atoms with Gasteiger partial charge < -0.3 is 10.2 Å². The van der Waals surface area contributed by atoms with Gasteiger partial charge in [0.25, 0.3) is 0 Å². The zero-order chi connectivity index (χ0) is 13.7. The number of halogens is 1. The van der Waals surface area contributed by atoms with Crippen molar-refractivity contribution in [3.8, 4) is 6.07 Å². The van der Waals surface area contributed by atoms with Crippen molar-refractivity contribution < 1.29 is 15.1 Å². The first-order valence-corrected chi connectivity index (χ1v) is 6.10. The van der Waals surface area contributed by atoms with Gasteiger partial charge in [0.2, 0.25) is 5.69 Å². The fourth-order valence-corrected chi connectivity index (χ4v) is 1.82. The standard InChI is InChI=1S/C10H10BrN3O4/c11-2-1-9(15)10(16)6-3-8(14(17)18)7(4-12)13-5-6/h3,5,9-10,15-16H,1-2H2. The maximum absolute atomic E-state index is 10.7. The Kier molecular flexibility index (Phi) is 5.15. The number of aromatic nitrogens is 1. The summed E-state index contributed by atoms with van der Waals surface area (Å²) >= 11 is 3.11. The Hall–Kier alpha value is -1.56. The molecule has 0 amide bonds. The van der Waals surface area contributed by atoms with Crippen LogP contribution in [0.15, 0.2) is 12.3 Å². The summed E-state index contributed by atoms with van der Waals surface area (Å²) in [6.45, 7) is 0. The lowest BCUT2D eigenvalue weighted by molar-refractivity contribution is -0.385. The Morgan fingerprint density at radius 1 is 1.61 bits per heavy atom. The summed E-state index contributed by atoms with van der Waals surface area (Å²) in [6, 6.07) is 2.64. The predicted molar refractivity (Wildman–Crippen MR) is 65.0 cm³/mol. The summed E-state index contributed by atoms with van der Waals surface area (Å²) < 4.78 is 0. The largest absolute Gasteiger partial charge is 0.390 e. The summed E-state index contributed by atoms with van der Waals surface area (Å²) in [7, 11) is 0. The number of aliphatic hydroxyl groups excluding tert-OH is 2. The molecule has 2 N–H and O–H groups in total. The van der Waals surface area contributed by atoms with E-state index >= 15 is 0 Å². The second kappa shape index (κ2) is 6.39. The first kappa shape index (κ1) is 14.5. The molecule has 0 saturated heterocycles. The molecular weight excluding hydrogens is 306 g/mol. The van der Waals surface area contributed by atoms with Crippen molar-refractivity contribution in [2.24, 2.45) is 0 Å². The van der Waals surface area contributed by atoms with E-state index in [1.807, 2.05) is 0 Å². The SMILES string of the molecule is N#Cc1ncc(C(O)C(O)CCBr)cc1[N+](=O)[O-]. The van der Waals surface area contributed by atoms with Gasteiger partial charge in [-0.15, -0.1) is 0 Å². The van der Waals surface area contributed by atoms with Crippen molar-refractivity contribution >= 4 is 21.6 Å². The quantitative estimate of drug-likeness (QED) is 0.476. The molecular formula is C10H10BrN3O4. The van der Waals surface area contributed by atoms with Gasteiger partial charge in [-0.1, -0.05) is 15.9 Å². The Morgan fingerprint density at radius 2 is 2.28 bits per heavy atom. The van der Waals surface area contributed by atoms with Gasteiger partial charge in [0.05, 0.1) is 11.0 Å². The zero-order valence-corrected chi connectivity index (χ0v) is 10.7. The van der Waals surface area contributed by atoms with E-state index in [1.54, 1.807) is 6.07 Å². The molecule has 8 heteroatoms. The Morgan fingerprint density at radius 3 is 2.78 bits per heavy atom. The molecule has 96 valence electrons. The maximum Gasteiger partial charge on any atom is 0.306 e. The third kappa shape index (κ3) is 3.22.